The van der Waals surface area contributed by atoms with E-state index in [1.54, 1.807) is 0 Å². The van der Waals surface area contributed by atoms with Gasteiger partial charge in [-0.2, -0.15) is 0 Å². The lowest BCUT2D eigenvalue weighted by Crippen LogP contribution is -1.96. The van der Waals surface area contributed by atoms with Crippen LogP contribution in [0.4, 0.5) is 0 Å². The van der Waals surface area contributed by atoms with Crippen LogP contribution in [0.25, 0.3) is 0 Å². The van der Waals surface area contributed by atoms with Crippen molar-refractivity contribution in [3.05, 3.63) is 35.4 Å². The van der Waals surface area contributed by atoms with Crippen molar-refractivity contribution in [3.8, 4) is 0 Å². The zero-order chi connectivity index (χ0) is 10.4. The molecule has 0 aliphatic rings. The number of ether oxygens (including phenoxy) is 1. The summed E-state index contributed by atoms with van der Waals surface area (Å²) in [5, 5.41) is 0. The quantitative estimate of drug-likeness (QED) is 0.535. The molecule has 0 aliphatic heterocycles. The molecule has 0 aromatic heterocycles. The fourth-order valence-electron chi connectivity index (χ4n) is 1.27. The Labute approximate surface area is 89.1 Å². The molecule has 1 unspecified atom stereocenters. The maximum atomic E-state index is 5.45. The smallest absolute Gasteiger partial charge is 0.0717 e. The van der Waals surface area contributed by atoms with Gasteiger partial charge in [0, 0.05) is 0 Å². The third-order valence-electron chi connectivity index (χ3n) is 2.18. The number of benzene rings is 1. The van der Waals surface area contributed by atoms with E-state index in [2.05, 4.69) is 47.4 Å². The molecule has 14 heavy (non-hydrogen) atoms. The Kier molecular flexibility index (Phi) is 5.14. The fraction of sp³-hybridized carbons (Fsp3) is 0.500. The molecular weight excluding hydrogens is 191 g/mol. The number of hydrogen-bond acceptors (Lipinski definition) is 1. The maximum Gasteiger partial charge on any atom is 0.0717 e. The summed E-state index contributed by atoms with van der Waals surface area (Å²) in [7, 11) is 2.66. The summed E-state index contributed by atoms with van der Waals surface area (Å²) in [6, 6.07) is 8.67. The van der Waals surface area contributed by atoms with Gasteiger partial charge in [0.25, 0.3) is 0 Å². The molecule has 1 rings (SSSR count). The van der Waals surface area contributed by atoms with Crippen molar-refractivity contribution >= 4 is 9.24 Å². The first-order valence-corrected chi connectivity index (χ1v) is 5.92. The zero-order valence-electron chi connectivity index (χ0n) is 8.99. The Hall–Kier alpha value is -0.390. The van der Waals surface area contributed by atoms with Crippen LogP contribution in [0.15, 0.2) is 24.3 Å². The van der Waals surface area contributed by atoms with Crippen LogP contribution in [-0.4, -0.2) is 12.8 Å². The summed E-state index contributed by atoms with van der Waals surface area (Å²) in [5.41, 5.74) is 2.65. The van der Waals surface area contributed by atoms with Crippen LogP contribution < -0.4 is 0 Å². The van der Waals surface area contributed by atoms with E-state index in [1.165, 1.54) is 11.1 Å². The Morgan fingerprint density at radius 1 is 1.21 bits per heavy atom. The third kappa shape index (κ3) is 3.77. The summed E-state index contributed by atoms with van der Waals surface area (Å²) in [6.45, 7) is 5.96. The highest BCUT2D eigenvalue weighted by atomic mass is 31.0. The molecule has 1 aromatic carbocycles. The van der Waals surface area contributed by atoms with Crippen molar-refractivity contribution in [2.75, 3.05) is 12.8 Å². The van der Waals surface area contributed by atoms with Crippen LogP contribution in [-0.2, 0) is 11.3 Å². The molecule has 0 bridgehead atoms. The Balaban J connectivity index is 2.47. The lowest BCUT2D eigenvalue weighted by atomic mass is 10.0. The molecule has 78 valence electrons. The zero-order valence-corrected chi connectivity index (χ0v) is 10.1. The molecule has 1 nitrogen and oxygen atoms in total. The third-order valence-corrected chi connectivity index (χ3v) is 2.41. The van der Waals surface area contributed by atoms with E-state index < -0.39 is 0 Å². The second kappa shape index (κ2) is 6.16. The van der Waals surface area contributed by atoms with Gasteiger partial charge in [0.15, 0.2) is 0 Å². The van der Waals surface area contributed by atoms with E-state index in [0.29, 0.717) is 5.92 Å². The first-order valence-electron chi connectivity index (χ1n) is 5.10. The highest BCUT2D eigenvalue weighted by molar-refractivity contribution is 7.16. The monoisotopic (exact) mass is 210 g/mol. The largest absolute Gasteiger partial charge is 0.376 e. The minimum Gasteiger partial charge on any atom is -0.376 e. The van der Waals surface area contributed by atoms with Crippen LogP contribution in [0.3, 0.4) is 0 Å². The van der Waals surface area contributed by atoms with E-state index >= 15 is 0 Å². The van der Waals surface area contributed by atoms with Gasteiger partial charge in [-0.15, -0.1) is 9.24 Å². The van der Waals surface area contributed by atoms with Crippen molar-refractivity contribution in [2.24, 2.45) is 0 Å². The number of hydrogen-bond donors (Lipinski definition) is 0. The second-order valence-corrected chi connectivity index (χ2v) is 4.31. The molecule has 0 radical (unpaired) electrons. The normalized spacial score (nSPS) is 10.9. The van der Waals surface area contributed by atoms with Gasteiger partial charge in [-0.1, -0.05) is 38.1 Å². The minimum absolute atomic E-state index is 0.608. The first kappa shape index (κ1) is 11.7. The summed E-state index contributed by atoms with van der Waals surface area (Å²) < 4.78 is 5.45. The molecule has 1 atom stereocenters. The highest BCUT2D eigenvalue weighted by Gasteiger charge is 1.98. The Morgan fingerprint density at radius 3 is 2.36 bits per heavy atom. The summed E-state index contributed by atoms with van der Waals surface area (Å²) >= 11 is 0. The maximum absolute atomic E-state index is 5.45. The van der Waals surface area contributed by atoms with Gasteiger partial charge in [-0.05, 0) is 23.2 Å². The lowest BCUT2D eigenvalue weighted by Gasteiger charge is -2.07. The summed E-state index contributed by atoms with van der Waals surface area (Å²) in [6.07, 6.45) is 1.00. The molecule has 1 aromatic rings. The second-order valence-electron chi connectivity index (χ2n) is 3.74. The van der Waals surface area contributed by atoms with Gasteiger partial charge in [-0.25, -0.2) is 0 Å². The minimum atomic E-state index is 0.608. The van der Waals surface area contributed by atoms with Gasteiger partial charge in [0.2, 0.25) is 0 Å². The average molecular weight is 210 g/mol. The lowest BCUT2D eigenvalue weighted by molar-refractivity contribution is 0.136. The van der Waals surface area contributed by atoms with E-state index in [0.717, 1.165) is 19.4 Å². The molecule has 0 saturated carbocycles. The van der Waals surface area contributed by atoms with Crippen molar-refractivity contribution < 1.29 is 4.74 Å². The predicted octanol–water partition coefficient (Wildman–Crippen LogP) is 3.20. The van der Waals surface area contributed by atoms with Gasteiger partial charge in [0.1, 0.15) is 0 Å². The topological polar surface area (TPSA) is 9.23 Å². The first-order chi connectivity index (χ1) is 6.74. The molecule has 0 fully saturated rings. The van der Waals surface area contributed by atoms with Crippen LogP contribution in [0, 0.1) is 0 Å². The van der Waals surface area contributed by atoms with Crippen LogP contribution in [0.1, 0.15) is 30.9 Å². The van der Waals surface area contributed by atoms with Gasteiger partial charge in [-0.3, -0.25) is 0 Å². The fourth-order valence-corrected chi connectivity index (χ4v) is 1.44. The standard InChI is InChI=1S/C12H19OP/c1-10(2)12-5-3-11(4-6-12)9-13-7-8-14/h3-6,10H,7-9,14H2,1-2H3. The molecule has 0 amide bonds. The van der Waals surface area contributed by atoms with Gasteiger partial charge < -0.3 is 4.74 Å². The highest BCUT2D eigenvalue weighted by Crippen LogP contribution is 2.14. The SMILES string of the molecule is CC(C)c1ccc(COCCP)cc1. The van der Waals surface area contributed by atoms with Crippen LogP contribution in [0.2, 0.25) is 0 Å². The van der Waals surface area contributed by atoms with Crippen molar-refractivity contribution in [1.82, 2.24) is 0 Å². The molecule has 0 spiro atoms. The molecule has 0 saturated heterocycles. The summed E-state index contributed by atoms with van der Waals surface area (Å²) in [5.74, 6) is 0.608. The molecule has 0 heterocycles. The van der Waals surface area contributed by atoms with Crippen molar-refractivity contribution in [1.29, 1.82) is 0 Å². The molecule has 0 aliphatic carbocycles. The molecule has 0 N–H and O–H groups in total. The van der Waals surface area contributed by atoms with Gasteiger partial charge >= 0.3 is 0 Å². The van der Waals surface area contributed by atoms with E-state index in [1.807, 2.05) is 0 Å². The van der Waals surface area contributed by atoms with Gasteiger partial charge in [0.05, 0.1) is 13.2 Å². The molecule has 2 heteroatoms. The van der Waals surface area contributed by atoms with E-state index in [-0.39, 0.29) is 0 Å². The predicted molar refractivity (Wildman–Crippen MR) is 64.8 cm³/mol. The molecular formula is C12H19OP. The van der Waals surface area contributed by atoms with Crippen molar-refractivity contribution in [3.63, 3.8) is 0 Å². The average Bonchev–Trinajstić information content (AvgIpc) is 2.19. The summed E-state index contributed by atoms with van der Waals surface area (Å²) in [4.78, 5) is 0. The van der Waals surface area contributed by atoms with Crippen molar-refractivity contribution in [2.45, 2.75) is 26.4 Å². The van der Waals surface area contributed by atoms with E-state index in [4.69, 9.17) is 4.74 Å². The number of rotatable bonds is 5. The Bertz CT molecular complexity index is 254. The van der Waals surface area contributed by atoms with E-state index in [9.17, 15) is 0 Å². The van der Waals surface area contributed by atoms with Crippen LogP contribution >= 0.6 is 9.24 Å². The van der Waals surface area contributed by atoms with Crippen LogP contribution in [0.5, 0.6) is 0 Å². The Morgan fingerprint density at radius 2 is 1.86 bits per heavy atom.